The molecule has 3 nitrogen and oxygen atoms in total. The van der Waals surface area contributed by atoms with Crippen LogP contribution < -0.4 is 5.73 Å². The number of carbonyl (C=O) groups excluding carboxylic acids is 1. The number of fused-ring (bicyclic) bond motifs is 1. The number of benzene rings is 1. The minimum atomic E-state index is -2.89. The topological polar surface area (TPSA) is 46.3 Å². The second-order valence-electron chi connectivity index (χ2n) is 7.46. The van der Waals surface area contributed by atoms with Crippen LogP contribution in [0.15, 0.2) is 18.2 Å². The maximum Gasteiger partial charge on any atom is 0.262 e. The van der Waals surface area contributed by atoms with Gasteiger partial charge in [0.05, 0.1) is 6.04 Å². The first kappa shape index (κ1) is 18.2. The Labute approximate surface area is 146 Å². The highest BCUT2D eigenvalue weighted by Gasteiger charge is 2.42. The summed E-state index contributed by atoms with van der Waals surface area (Å²) in [5.41, 5.74) is 7.55. The van der Waals surface area contributed by atoms with E-state index in [1.165, 1.54) is 6.07 Å². The van der Waals surface area contributed by atoms with E-state index in [0.29, 0.717) is 25.9 Å². The number of amides is 1. The Hall–Kier alpha value is -1.56. The van der Waals surface area contributed by atoms with Gasteiger partial charge in [0.15, 0.2) is 0 Å². The Balaban J connectivity index is 1.71. The number of alkyl halides is 2. The first-order valence-electron chi connectivity index (χ1n) is 8.98. The fourth-order valence-electron chi connectivity index (χ4n) is 4.02. The van der Waals surface area contributed by atoms with Crippen molar-refractivity contribution < 1.29 is 18.0 Å². The van der Waals surface area contributed by atoms with Gasteiger partial charge in [-0.15, -0.1) is 0 Å². The van der Waals surface area contributed by atoms with Crippen molar-refractivity contribution in [3.05, 3.63) is 35.1 Å². The molecule has 3 rings (SSSR count). The van der Waals surface area contributed by atoms with E-state index in [4.69, 9.17) is 5.73 Å². The van der Waals surface area contributed by atoms with Crippen molar-refractivity contribution >= 4 is 5.91 Å². The molecule has 138 valence electrons. The molecule has 1 fully saturated rings. The average Bonchev–Trinajstić information content (AvgIpc) is 2.81. The van der Waals surface area contributed by atoms with E-state index in [2.05, 4.69) is 0 Å². The van der Waals surface area contributed by atoms with Crippen molar-refractivity contribution in [1.82, 2.24) is 4.90 Å². The first-order valence-corrected chi connectivity index (χ1v) is 8.98. The molecule has 1 saturated carbocycles. The van der Waals surface area contributed by atoms with Gasteiger partial charge in [-0.25, -0.2) is 13.2 Å². The quantitative estimate of drug-likeness (QED) is 0.785. The Kier molecular flexibility index (Phi) is 5.09. The number of carbonyl (C=O) groups is 1. The third kappa shape index (κ3) is 3.84. The van der Waals surface area contributed by atoms with Gasteiger partial charge in [0.1, 0.15) is 5.82 Å². The molecule has 0 radical (unpaired) electrons. The van der Waals surface area contributed by atoms with E-state index in [1.54, 1.807) is 17.0 Å². The molecule has 25 heavy (non-hydrogen) atoms. The zero-order chi connectivity index (χ0) is 18.2. The van der Waals surface area contributed by atoms with E-state index in [1.807, 2.05) is 6.92 Å². The predicted molar refractivity (Wildman–Crippen MR) is 90.0 cm³/mol. The molecular formula is C19H25F3N2O. The molecule has 0 aromatic heterocycles. The first-order chi connectivity index (χ1) is 11.8. The van der Waals surface area contributed by atoms with Crippen LogP contribution in [-0.4, -0.2) is 35.9 Å². The van der Waals surface area contributed by atoms with E-state index < -0.39 is 17.9 Å². The van der Waals surface area contributed by atoms with Crippen LogP contribution in [0.5, 0.6) is 0 Å². The molecule has 2 aliphatic rings. The molecular weight excluding hydrogens is 329 g/mol. The highest BCUT2D eigenvalue weighted by molar-refractivity contribution is 5.79. The number of halogens is 3. The number of rotatable bonds is 1. The molecule has 2 N–H and O–H groups in total. The molecule has 1 aromatic carbocycles. The lowest BCUT2D eigenvalue weighted by Crippen LogP contribution is -2.39. The molecule has 6 heteroatoms. The molecule has 0 spiro atoms. The smallest absolute Gasteiger partial charge is 0.262 e. The molecule has 1 aliphatic carbocycles. The number of hydrogen-bond donors (Lipinski definition) is 1. The fraction of sp³-hybridized carbons (Fsp3) is 0.632. The lowest BCUT2D eigenvalue weighted by atomic mass is 9.95. The minimum Gasteiger partial charge on any atom is -0.342 e. The SMILES string of the molecule is CC1CN(C(=O)C2CCC(N)C(F)(F)CC2)CCc2ccc(F)cc21. The summed E-state index contributed by atoms with van der Waals surface area (Å²) < 4.78 is 41.1. The highest BCUT2D eigenvalue weighted by Crippen LogP contribution is 2.35. The van der Waals surface area contributed by atoms with Crippen molar-refractivity contribution in [1.29, 1.82) is 0 Å². The van der Waals surface area contributed by atoms with Gasteiger partial charge in [0.2, 0.25) is 5.91 Å². The predicted octanol–water partition coefficient (Wildman–Crippen LogP) is 3.47. The lowest BCUT2D eigenvalue weighted by molar-refractivity contribution is -0.136. The van der Waals surface area contributed by atoms with E-state index in [0.717, 1.165) is 11.1 Å². The summed E-state index contributed by atoms with van der Waals surface area (Å²) in [6, 6.07) is 3.60. The maximum absolute atomic E-state index is 13.8. The van der Waals surface area contributed by atoms with Gasteiger partial charge in [-0.2, -0.15) is 0 Å². The summed E-state index contributed by atoms with van der Waals surface area (Å²) in [5.74, 6) is -3.61. The largest absolute Gasteiger partial charge is 0.342 e. The van der Waals surface area contributed by atoms with Crippen molar-refractivity contribution in [2.75, 3.05) is 13.1 Å². The second kappa shape index (κ2) is 6.98. The highest BCUT2D eigenvalue weighted by atomic mass is 19.3. The van der Waals surface area contributed by atoms with Crippen LogP contribution in [0.4, 0.5) is 13.2 Å². The molecule has 3 unspecified atom stereocenters. The maximum atomic E-state index is 13.8. The summed E-state index contributed by atoms with van der Waals surface area (Å²) >= 11 is 0. The van der Waals surface area contributed by atoms with E-state index >= 15 is 0 Å². The average molecular weight is 354 g/mol. The van der Waals surface area contributed by atoms with Crippen LogP contribution in [0.1, 0.15) is 49.7 Å². The van der Waals surface area contributed by atoms with Crippen LogP contribution in [-0.2, 0) is 11.2 Å². The van der Waals surface area contributed by atoms with Crippen LogP contribution >= 0.6 is 0 Å². The molecule has 0 bridgehead atoms. The van der Waals surface area contributed by atoms with Gasteiger partial charge in [-0.1, -0.05) is 13.0 Å². The van der Waals surface area contributed by atoms with Gasteiger partial charge in [0.25, 0.3) is 5.92 Å². The molecule has 1 aromatic rings. The second-order valence-corrected chi connectivity index (χ2v) is 7.46. The van der Waals surface area contributed by atoms with Gasteiger partial charge in [0, 0.05) is 25.4 Å². The molecule has 1 amide bonds. The van der Waals surface area contributed by atoms with E-state index in [9.17, 15) is 18.0 Å². The minimum absolute atomic E-state index is 0.0200. The monoisotopic (exact) mass is 354 g/mol. The Morgan fingerprint density at radius 3 is 2.80 bits per heavy atom. The van der Waals surface area contributed by atoms with Gasteiger partial charge in [-0.3, -0.25) is 4.79 Å². The normalized spacial score (nSPS) is 29.5. The third-order valence-electron chi connectivity index (χ3n) is 5.64. The van der Waals surface area contributed by atoms with Crippen molar-refractivity contribution in [3.8, 4) is 0 Å². The summed E-state index contributed by atoms with van der Waals surface area (Å²) in [7, 11) is 0. The van der Waals surface area contributed by atoms with Crippen LogP contribution in [0.2, 0.25) is 0 Å². The molecule has 1 heterocycles. The number of nitrogens with two attached hydrogens (primary N) is 1. The molecule has 3 atom stereocenters. The third-order valence-corrected chi connectivity index (χ3v) is 5.64. The molecule has 1 aliphatic heterocycles. The molecule has 0 saturated heterocycles. The van der Waals surface area contributed by atoms with Gasteiger partial charge < -0.3 is 10.6 Å². The summed E-state index contributed by atoms with van der Waals surface area (Å²) in [5, 5.41) is 0. The standard InChI is InChI=1S/C19H25F3N2O/c1-12-11-24(9-7-13-2-4-15(20)10-16(12)13)18(25)14-3-5-17(23)19(21,22)8-6-14/h2,4,10,12,14,17H,3,5-9,11,23H2,1H3. The lowest BCUT2D eigenvalue weighted by Gasteiger charge is -2.27. The zero-order valence-electron chi connectivity index (χ0n) is 14.5. The van der Waals surface area contributed by atoms with Crippen LogP contribution in [0.3, 0.4) is 0 Å². The van der Waals surface area contributed by atoms with E-state index in [-0.39, 0.29) is 36.9 Å². The summed E-state index contributed by atoms with van der Waals surface area (Å²) in [6.07, 6.45) is 1.07. The van der Waals surface area contributed by atoms with Gasteiger partial charge >= 0.3 is 0 Å². The zero-order valence-corrected chi connectivity index (χ0v) is 14.5. The summed E-state index contributed by atoms with van der Waals surface area (Å²) in [6.45, 7) is 3.01. The Morgan fingerprint density at radius 1 is 1.28 bits per heavy atom. The van der Waals surface area contributed by atoms with Gasteiger partial charge in [-0.05, 0) is 54.9 Å². The summed E-state index contributed by atoms with van der Waals surface area (Å²) in [4.78, 5) is 14.7. The fourth-order valence-corrected chi connectivity index (χ4v) is 4.02. The Bertz CT molecular complexity index is 650. The Morgan fingerprint density at radius 2 is 2.04 bits per heavy atom. The van der Waals surface area contributed by atoms with Crippen molar-refractivity contribution in [2.45, 2.75) is 56.9 Å². The van der Waals surface area contributed by atoms with Crippen LogP contribution in [0.25, 0.3) is 0 Å². The van der Waals surface area contributed by atoms with Crippen LogP contribution in [0, 0.1) is 11.7 Å². The number of hydrogen-bond acceptors (Lipinski definition) is 2. The van der Waals surface area contributed by atoms with Crippen molar-refractivity contribution in [2.24, 2.45) is 11.7 Å². The number of nitrogens with zero attached hydrogens (tertiary/aromatic N) is 1. The van der Waals surface area contributed by atoms with Crippen molar-refractivity contribution in [3.63, 3.8) is 0 Å².